The van der Waals surface area contributed by atoms with Crippen LogP contribution < -0.4 is 0 Å². The Morgan fingerprint density at radius 3 is 0.926 bits per heavy atom. The van der Waals surface area contributed by atoms with Gasteiger partial charge in [-0.05, 0) is 0 Å². The summed E-state index contributed by atoms with van der Waals surface area (Å²) in [4.78, 5) is 0. The third-order valence-corrected chi connectivity index (χ3v) is 18.1. The Labute approximate surface area is 187 Å². The zero-order chi connectivity index (χ0) is 20.3. The van der Waals surface area contributed by atoms with Crippen LogP contribution in [-0.4, -0.2) is 24.6 Å². The van der Waals surface area contributed by atoms with Crippen molar-refractivity contribution in [3.8, 4) is 0 Å². The molecule has 0 bridgehead atoms. The van der Waals surface area contributed by atoms with Crippen LogP contribution in [0.15, 0.2) is 0 Å². The fourth-order valence-electron chi connectivity index (χ4n) is 4.56. The Hall–Kier alpha value is 1.16. The van der Waals surface area contributed by atoms with E-state index in [1.54, 1.807) is 24.6 Å². The molecule has 0 amide bonds. The third kappa shape index (κ3) is 14.7. The molecule has 0 saturated carbocycles. The first kappa shape index (κ1) is 28.2. The van der Waals surface area contributed by atoms with E-state index >= 15 is 0 Å². The topological polar surface area (TPSA) is 0 Å². The molecule has 2 heteroatoms. The number of halogens is 1. The molecule has 0 N–H and O–H groups in total. The molecule has 0 nitrogen and oxygen atoms in total. The minimum atomic E-state index is -1.52. The van der Waals surface area contributed by atoms with Crippen molar-refractivity contribution in [2.75, 3.05) is 24.6 Å². The molecular weight excluding hydrogens is 458 g/mol. The van der Waals surface area contributed by atoms with Gasteiger partial charge in [-0.1, -0.05) is 0 Å². The summed E-state index contributed by atoms with van der Waals surface area (Å²) < 4.78 is -1.52. The molecule has 0 aromatic carbocycles. The Morgan fingerprint density at radius 1 is 0.370 bits per heavy atom. The molecule has 0 aromatic rings. The Bertz CT molecular complexity index is 277. The molecule has 0 unspecified atom stereocenters. The van der Waals surface area contributed by atoms with E-state index in [1.807, 2.05) is 0 Å². The van der Waals surface area contributed by atoms with Crippen molar-refractivity contribution in [1.82, 2.24) is 0 Å². The summed E-state index contributed by atoms with van der Waals surface area (Å²) in [6.45, 7) is 9.42. The van der Waals surface area contributed by atoms with Crippen molar-refractivity contribution >= 4 is 26.3 Å². The van der Waals surface area contributed by atoms with Gasteiger partial charge in [0.2, 0.25) is 0 Å². The molecule has 0 aliphatic heterocycles. The van der Waals surface area contributed by atoms with Crippen LogP contribution >= 0.6 is 26.3 Å². The molecule has 0 aliphatic rings. The van der Waals surface area contributed by atoms with E-state index in [2.05, 4.69) is 49.7 Å². The summed E-state index contributed by atoms with van der Waals surface area (Å²) in [6.07, 6.45) is 31.2. The summed E-state index contributed by atoms with van der Waals surface area (Å²) in [5.74, 6) is 0. The molecule has 27 heavy (non-hydrogen) atoms. The van der Waals surface area contributed by atoms with Gasteiger partial charge in [-0.25, -0.2) is 0 Å². The van der Waals surface area contributed by atoms with Crippen molar-refractivity contribution in [1.29, 1.82) is 0 Å². The molecular formula is C25H54IP. The van der Waals surface area contributed by atoms with Crippen molar-refractivity contribution < 1.29 is 0 Å². The van der Waals surface area contributed by atoms with Gasteiger partial charge in [0.15, 0.2) is 0 Å². The van der Waals surface area contributed by atoms with Crippen molar-refractivity contribution in [3.63, 3.8) is 0 Å². The third-order valence-electron chi connectivity index (χ3n) is 6.53. The standard InChI is InChI=1S/C25H54IP/c1-5-9-13-16-19-23-27(26,22-12-8-4,24-20-17-14-10-6-2)25-21-18-15-11-7-3/h5-25H2,1-4H3. The monoisotopic (exact) mass is 512 g/mol. The van der Waals surface area contributed by atoms with Gasteiger partial charge in [-0.15, -0.1) is 0 Å². The Kier molecular flexibility index (Phi) is 18.7. The molecule has 0 saturated heterocycles. The number of hydrogen-bond donors (Lipinski definition) is 0. The van der Waals surface area contributed by atoms with E-state index in [1.165, 1.54) is 109 Å². The second kappa shape index (κ2) is 18.0. The van der Waals surface area contributed by atoms with E-state index in [4.69, 9.17) is 0 Å². The average molecular weight is 513 g/mol. The second-order valence-electron chi connectivity index (χ2n) is 9.31. The summed E-state index contributed by atoms with van der Waals surface area (Å²) in [5.41, 5.74) is 0. The van der Waals surface area contributed by atoms with Gasteiger partial charge >= 0.3 is 188 Å². The maximum absolute atomic E-state index is 3.15. The maximum atomic E-state index is 3.15. The summed E-state index contributed by atoms with van der Waals surface area (Å²) >= 11 is 3.15. The number of rotatable bonds is 21. The first-order chi connectivity index (χ1) is 13.0. The second-order valence-corrected chi connectivity index (χ2v) is 22.9. The van der Waals surface area contributed by atoms with Gasteiger partial charge in [0.1, 0.15) is 0 Å². The van der Waals surface area contributed by atoms with Gasteiger partial charge in [-0.2, -0.15) is 0 Å². The quantitative estimate of drug-likeness (QED) is 0.0815. The number of hydrogen-bond acceptors (Lipinski definition) is 0. The fraction of sp³-hybridized carbons (Fsp3) is 1.00. The normalized spacial score (nSPS) is 13.6. The van der Waals surface area contributed by atoms with Gasteiger partial charge < -0.3 is 0 Å². The van der Waals surface area contributed by atoms with E-state index in [0.29, 0.717) is 0 Å². The summed E-state index contributed by atoms with van der Waals surface area (Å²) in [7, 11) is 0. The first-order valence-electron chi connectivity index (χ1n) is 12.8. The Balaban J connectivity index is 4.83. The van der Waals surface area contributed by atoms with E-state index in [9.17, 15) is 0 Å². The molecule has 166 valence electrons. The molecule has 0 radical (unpaired) electrons. The van der Waals surface area contributed by atoms with Gasteiger partial charge in [-0.3, -0.25) is 0 Å². The van der Waals surface area contributed by atoms with Crippen LogP contribution in [0.3, 0.4) is 0 Å². The van der Waals surface area contributed by atoms with Crippen molar-refractivity contribution in [3.05, 3.63) is 0 Å². The molecule has 0 fully saturated rings. The van der Waals surface area contributed by atoms with Crippen LogP contribution in [0.4, 0.5) is 0 Å². The van der Waals surface area contributed by atoms with Gasteiger partial charge in [0, 0.05) is 0 Å². The van der Waals surface area contributed by atoms with Gasteiger partial charge in [0.05, 0.1) is 0 Å². The fourth-order valence-corrected chi connectivity index (χ4v) is 14.1. The molecule has 0 rings (SSSR count). The minimum absolute atomic E-state index is 1.37. The molecule has 0 aromatic heterocycles. The van der Waals surface area contributed by atoms with Crippen LogP contribution in [-0.2, 0) is 0 Å². The van der Waals surface area contributed by atoms with Crippen molar-refractivity contribution in [2.45, 2.75) is 137 Å². The number of unbranched alkanes of at least 4 members (excludes halogenated alkanes) is 13. The predicted octanol–water partition coefficient (Wildman–Crippen LogP) is 10.6. The Morgan fingerprint density at radius 2 is 0.630 bits per heavy atom. The zero-order valence-corrected chi connectivity index (χ0v) is 22.7. The molecule has 0 atom stereocenters. The van der Waals surface area contributed by atoms with E-state index in [0.717, 1.165) is 0 Å². The van der Waals surface area contributed by atoms with Crippen LogP contribution in [0.5, 0.6) is 0 Å². The van der Waals surface area contributed by atoms with Gasteiger partial charge in [0.25, 0.3) is 0 Å². The van der Waals surface area contributed by atoms with E-state index < -0.39 is 4.25 Å². The zero-order valence-electron chi connectivity index (χ0n) is 19.7. The van der Waals surface area contributed by atoms with Crippen molar-refractivity contribution in [2.24, 2.45) is 0 Å². The first-order valence-corrected chi connectivity index (χ1v) is 18.5. The predicted molar refractivity (Wildman–Crippen MR) is 142 cm³/mol. The average Bonchev–Trinajstić information content (AvgIpc) is 2.66. The molecule has 0 spiro atoms. The van der Waals surface area contributed by atoms with Crippen LogP contribution in [0, 0.1) is 0 Å². The van der Waals surface area contributed by atoms with Crippen LogP contribution in [0.25, 0.3) is 0 Å². The summed E-state index contributed by atoms with van der Waals surface area (Å²) in [5, 5.41) is 0. The van der Waals surface area contributed by atoms with E-state index in [-0.39, 0.29) is 0 Å². The SMILES string of the molecule is CCCCCCCP(I)(CCCC)(CCCCCCC)CCCCCCC. The molecule has 0 aliphatic carbocycles. The van der Waals surface area contributed by atoms with Crippen LogP contribution in [0.1, 0.15) is 137 Å². The molecule has 0 heterocycles. The summed E-state index contributed by atoms with van der Waals surface area (Å²) in [6, 6.07) is 0. The van der Waals surface area contributed by atoms with Crippen LogP contribution in [0.2, 0.25) is 0 Å².